The Balaban J connectivity index is 1.50. The number of rotatable bonds is 3. The molecule has 6 saturated carbocycles. The van der Waals surface area contributed by atoms with Crippen LogP contribution in [-0.2, 0) is 0 Å². The number of thiol groups is 1. The second kappa shape index (κ2) is 5.77. The van der Waals surface area contributed by atoms with Crippen molar-refractivity contribution in [1.29, 1.82) is 0 Å². The van der Waals surface area contributed by atoms with Gasteiger partial charge in [-0.1, -0.05) is 13.8 Å². The summed E-state index contributed by atoms with van der Waals surface area (Å²) in [4.78, 5) is 0. The maximum absolute atomic E-state index is 4.85. The van der Waals surface area contributed by atoms with E-state index >= 15 is 0 Å². The number of hydrogen-bond acceptors (Lipinski definition) is 1. The van der Waals surface area contributed by atoms with Gasteiger partial charge in [0, 0.05) is 5.25 Å². The van der Waals surface area contributed by atoms with Gasteiger partial charge in [0.05, 0.1) is 0 Å². The maximum Gasteiger partial charge on any atom is 0.00169 e. The van der Waals surface area contributed by atoms with E-state index in [4.69, 9.17) is 12.6 Å². The van der Waals surface area contributed by atoms with Gasteiger partial charge >= 0.3 is 0 Å². The van der Waals surface area contributed by atoms with E-state index in [0.717, 1.165) is 47.3 Å². The van der Waals surface area contributed by atoms with Crippen LogP contribution in [0.1, 0.15) is 71.6 Å². The van der Waals surface area contributed by atoms with Crippen LogP contribution in [-0.4, -0.2) is 5.25 Å². The molecule has 0 amide bonds. The van der Waals surface area contributed by atoms with E-state index in [1.807, 2.05) is 0 Å². The van der Waals surface area contributed by atoms with Gasteiger partial charge in [-0.05, 0) is 105 Å². The van der Waals surface area contributed by atoms with E-state index < -0.39 is 0 Å². The minimum atomic E-state index is 0.653. The van der Waals surface area contributed by atoms with E-state index in [1.54, 1.807) is 44.9 Å². The second-order valence-electron chi connectivity index (χ2n) is 9.25. The molecule has 0 radical (unpaired) electrons. The molecule has 0 aromatic rings. The summed E-state index contributed by atoms with van der Waals surface area (Å²) < 4.78 is 0. The molecule has 0 saturated heterocycles. The molecule has 6 bridgehead atoms. The van der Waals surface area contributed by atoms with E-state index in [1.165, 1.54) is 12.8 Å². The highest BCUT2D eigenvalue weighted by atomic mass is 32.1. The largest absolute Gasteiger partial charge is 0.176 e. The Hall–Kier alpha value is 0.350. The van der Waals surface area contributed by atoms with Crippen LogP contribution in [0, 0.1) is 47.3 Å². The molecule has 5 atom stereocenters. The molecule has 0 N–H and O–H groups in total. The highest BCUT2D eigenvalue weighted by molar-refractivity contribution is 7.80. The summed E-state index contributed by atoms with van der Waals surface area (Å²) in [5.41, 5.74) is 0. The Morgan fingerprint density at radius 1 is 0.762 bits per heavy atom. The summed E-state index contributed by atoms with van der Waals surface area (Å²) in [5, 5.41) is 0.653. The molecular weight excluding hydrogens is 272 g/mol. The van der Waals surface area contributed by atoms with Gasteiger partial charge in [0.15, 0.2) is 0 Å². The van der Waals surface area contributed by atoms with Gasteiger partial charge in [-0.25, -0.2) is 0 Å². The van der Waals surface area contributed by atoms with Crippen molar-refractivity contribution in [2.45, 2.75) is 76.9 Å². The highest BCUT2D eigenvalue weighted by Gasteiger charge is 2.49. The normalized spacial score (nSPS) is 53.3. The third-order valence-electron chi connectivity index (χ3n) is 8.16. The van der Waals surface area contributed by atoms with Gasteiger partial charge in [-0.2, -0.15) is 12.6 Å². The lowest BCUT2D eigenvalue weighted by atomic mass is 9.54. The summed E-state index contributed by atoms with van der Waals surface area (Å²) >= 11 is 4.85. The smallest absolute Gasteiger partial charge is 0.00169 e. The van der Waals surface area contributed by atoms with Crippen molar-refractivity contribution in [3.05, 3.63) is 0 Å². The Bertz CT molecular complexity index is 366. The molecule has 21 heavy (non-hydrogen) atoms. The molecule has 120 valence electrons. The first-order valence-corrected chi connectivity index (χ1v) is 10.3. The van der Waals surface area contributed by atoms with Crippen molar-refractivity contribution in [1.82, 2.24) is 0 Å². The lowest BCUT2D eigenvalue weighted by Crippen LogP contribution is -2.42. The molecule has 6 fully saturated rings. The first kappa shape index (κ1) is 14.9. The minimum absolute atomic E-state index is 0.653. The monoisotopic (exact) mass is 306 g/mol. The SMILES string of the molecule is CCC(S)CC1CC2CC(CC2C)C2CC(C2)C2CC1C2. The molecular formula is C20H34S. The van der Waals surface area contributed by atoms with Gasteiger partial charge in [-0.3, -0.25) is 0 Å². The molecule has 1 heteroatoms. The Labute approximate surface area is 137 Å². The molecule has 0 aromatic carbocycles. The van der Waals surface area contributed by atoms with E-state index in [0.29, 0.717) is 5.25 Å². The Kier molecular flexibility index (Phi) is 4.09. The zero-order chi connectivity index (χ0) is 14.6. The van der Waals surface area contributed by atoms with Crippen LogP contribution < -0.4 is 0 Å². The zero-order valence-electron chi connectivity index (χ0n) is 14.0. The summed E-state index contributed by atoms with van der Waals surface area (Å²) in [6.45, 7) is 4.88. The minimum Gasteiger partial charge on any atom is -0.176 e. The summed E-state index contributed by atoms with van der Waals surface area (Å²) in [6, 6.07) is 0. The van der Waals surface area contributed by atoms with Crippen LogP contribution in [0.2, 0.25) is 0 Å². The fraction of sp³-hybridized carbons (Fsp3) is 1.00. The van der Waals surface area contributed by atoms with Crippen molar-refractivity contribution in [2.24, 2.45) is 47.3 Å². The Morgan fingerprint density at radius 2 is 1.29 bits per heavy atom. The lowest BCUT2D eigenvalue weighted by molar-refractivity contribution is -0.00636. The summed E-state index contributed by atoms with van der Waals surface area (Å²) in [7, 11) is 0. The molecule has 6 rings (SSSR count). The molecule has 0 aromatic heterocycles. The average Bonchev–Trinajstić information content (AvgIpc) is 2.66. The van der Waals surface area contributed by atoms with E-state index in [2.05, 4.69) is 13.8 Å². The standard InChI is InChI=1S/C20H34S/c1-3-20(21)11-19-6-13-5-14(4-12(13)2)15-7-16(8-15)17-9-18(19)10-17/h12-21H,3-11H2,1-2H3. The summed E-state index contributed by atoms with van der Waals surface area (Å²) in [5.74, 6) is 8.63. The zero-order valence-corrected chi connectivity index (χ0v) is 14.9. The van der Waals surface area contributed by atoms with Gasteiger partial charge < -0.3 is 0 Å². The predicted molar refractivity (Wildman–Crippen MR) is 93.6 cm³/mol. The van der Waals surface area contributed by atoms with Crippen molar-refractivity contribution in [3.8, 4) is 0 Å². The van der Waals surface area contributed by atoms with Crippen molar-refractivity contribution in [3.63, 3.8) is 0 Å². The quantitative estimate of drug-likeness (QED) is 0.624. The molecule has 5 unspecified atom stereocenters. The predicted octanol–water partition coefficient (Wildman–Crippen LogP) is 5.82. The third kappa shape index (κ3) is 2.70. The Morgan fingerprint density at radius 3 is 1.90 bits per heavy atom. The van der Waals surface area contributed by atoms with Gasteiger partial charge in [0.25, 0.3) is 0 Å². The van der Waals surface area contributed by atoms with Crippen LogP contribution in [0.4, 0.5) is 0 Å². The second-order valence-corrected chi connectivity index (χ2v) is 9.98. The van der Waals surface area contributed by atoms with E-state index in [9.17, 15) is 0 Å². The first-order chi connectivity index (χ1) is 10.1. The molecule has 0 spiro atoms. The topological polar surface area (TPSA) is 0 Å². The van der Waals surface area contributed by atoms with Crippen LogP contribution in [0.25, 0.3) is 0 Å². The summed E-state index contributed by atoms with van der Waals surface area (Å²) in [6.07, 6.45) is 13.7. The molecule has 6 aliphatic rings. The lowest BCUT2D eigenvalue weighted by Gasteiger charge is -2.51. The van der Waals surface area contributed by atoms with Crippen LogP contribution in [0.5, 0.6) is 0 Å². The molecule has 0 aliphatic heterocycles. The first-order valence-electron chi connectivity index (χ1n) is 9.82. The van der Waals surface area contributed by atoms with Gasteiger partial charge in [0.1, 0.15) is 0 Å². The fourth-order valence-corrected chi connectivity index (χ4v) is 6.71. The van der Waals surface area contributed by atoms with Crippen LogP contribution in [0.15, 0.2) is 0 Å². The molecule has 6 aliphatic carbocycles. The van der Waals surface area contributed by atoms with Crippen LogP contribution in [0.3, 0.4) is 0 Å². The fourth-order valence-electron chi connectivity index (χ4n) is 6.44. The van der Waals surface area contributed by atoms with E-state index in [-0.39, 0.29) is 0 Å². The molecule has 0 nitrogen and oxygen atoms in total. The van der Waals surface area contributed by atoms with Crippen LogP contribution >= 0.6 is 12.6 Å². The van der Waals surface area contributed by atoms with Crippen molar-refractivity contribution in [2.75, 3.05) is 0 Å². The highest BCUT2D eigenvalue weighted by Crippen LogP contribution is 2.59. The maximum atomic E-state index is 4.85. The van der Waals surface area contributed by atoms with Crippen molar-refractivity contribution >= 4 is 12.6 Å². The van der Waals surface area contributed by atoms with Crippen molar-refractivity contribution < 1.29 is 0 Å². The van der Waals surface area contributed by atoms with Gasteiger partial charge in [-0.15, -0.1) is 0 Å². The molecule has 0 heterocycles. The average molecular weight is 307 g/mol. The van der Waals surface area contributed by atoms with Gasteiger partial charge in [0.2, 0.25) is 0 Å². The third-order valence-corrected chi connectivity index (χ3v) is 8.73. The number of hydrogen-bond donors (Lipinski definition) is 1.